The third-order valence-corrected chi connectivity index (χ3v) is 4.44. The number of carbonyl (C=O) groups excluding carboxylic acids is 2. The summed E-state index contributed by atoms with van der Waals surface area (Å²) < 4.78 is 23.8. The summed E-state index contributed by atoms with van der Waals surface area (Å²) in [7, 11) is 0. The Hall–Kier alpha value is -3.29. The molecule has 2 aliphatic heterocycles. The van der Waals surface area contributed by atoms with E-state index in [4.69, 9.17) is 9.47 Å². The van der Waals surface area contributed by atoms with Gasteiger partial charge < -0.3 is 25.0 Å². The van der Waals surface area contributed by atoms with E-state index in [0.717, 1.165) is 0 Å². The van der Waals surface area contributed by atoms with Crippen molar-refractivity contribution in [1.29, 1.82) is 0 Å². The molecule has 0 saturated carbocycles. The smallest absolute Gasteiger partial charge is 0.319 e. The summed E-state index contributed by atoms with van der Waals surface area (Å²) in [5.74, 6) is 0.796. The number of likely N-dealkylation sites (tertiary alicyclic amines) is 1. The predicted molar refractivity (Wildman–Crippen MR) is 94.9 cm³/mol. The minimum Gasteiger partial charge on any atom is -0.454 e. The fraction of sp³-hybridized carbons (Fsp3) is 0.263. The molecule has 0 aliphatic carbocycles. The van der Waals surface area contributed by atoms with Crippen molar-refractivity contribution in [2.24, 2.45) is 0 Å². The first-order chi connectivity index (χ1) is 13.1. The average molecular weight is 371 g/mol. The number of urea groups is 1. The molecule has 0 radical (unpaired) electrons. The molecule has 0 bridgehead atoms. The van der Waals surface area contributed by atoms with Gasteiger partial charge in [-0.25, -0.2) is 9.18 Å². The number of nitrogens with one attached hydrogen (secondary N) is 2. The number of halogens is 1. The number of carbonyl (C=O) groups is 2. The lowest BCUT2D eigenvalue weighted by molar-refractivity contribution is -0.128. The van der Waals surface area contributed by atoms with E-state index >= 15 is 0 Å². The van der Waals surface area contributed by atoms with Gasteiger partial charge in [0.1, 0.15) is 5.82 Å². The van der Waals surface area contributed by atoms with Crippen molar-refractivity contribution in [3.63, 3.8) is 0 Å². The Bertz CT molecular complexity index is 889. The summed E-state index contributed by atoms with van der Waals surface area (Å²) in [6.45, 7) is 0.860. The number of hydrogen-bond donors (Lipinski definition) is 2. The van der Waals surface area contributed by atoms with Gasteiger partial charge in [0.05, 0.1) is 6.04 Å². The molecule has 27 heavy (non-hydrogen) atoms. The molecule has 2 N–H and O–H groups in total. The molecule has 2 aromatic rings. The molecule has 3 amide bonds. The second-order valence-electron chi connectivity index (χ2n) is 6.47. The number of nitrogens with zero attached hydrogens (tertiary/aromatic N) is 1. The zero-order valence-electron chi connectivity index (χ0n) is 14.4. The highest BCUT2D eigenvalue weighted by atomic mass is 19.1. The topological polar surface area (TPSA) is 79.9 Å². The van der Waals surface area contributed by atoms with E-state index in [1.165, 1.54) is 12.1 Å². The van der Waals surface area contributed by atoms with Gasteiger partial charge in [-0.05, 0) is 29.8 Å². The molecule has 1 atom stereocenters. The van der Waals surface area contributed by atoms with Crippen molar-refractivity contribution in [2.75, 3.05) is 18.7 Å². The number of ether oxygens (including phenoxy) is 2. The quantitative estimate of drug-likeness (QED) is 0.865. The van der Waals surface area contributed by atoms with E-state index in [1.807, 2.05) is 0 Å². The van der Waals surface area contributed by atoms with Crippen LogP contribution in [0.5, 0.6) is 11.5 Å². The van der Waals surface area contributed by atoms with Crippen molar-refractivity contribution in [1.82, 2.24) is 10.2 Å². The molecular formula is C19H18FN3O4. The third kappa shape index (κ3) is 3.94. The fourth-order valence-electron chi connectivity index (χ4n) is 3.20. The van der Waals surface area contributed by atoms with Gasteiger partial charge in [-0.1, -0.05) is 12.1 Å². The zero-order valence-corrected chi connectivity index (χ0v) is 14.4. The van der Waals surface area contributed by atoms with Gasteiger partial charge in [0.25, 0.3) is 0 Å². The lowest BCUT2D eigenvalue weighted by Gasteiger charge is -2.17. The molecular weight excluding hydrogens is 353 g/mol. The second kappa shape index (κ2) is 7.14. The van der Waals surface area contributed by atoms with Gasteiger partial charge >= 0.3 is 6.03 Å². The number of amides is 3. The molecule has 1 fully saturated rings. The largest absolute Gasteiger partial charge is 0.454 e. The van der Waals surface area contributed by atoms with Crippen molar-refractivity contribution in [3.8, 4) is 11.5 Å². The van der Waals surface area contributed by atoms with Gasteiger partial charge in [0.2, 0.25) is 12.7 Å². The maximum absolute atomic E-state index is 13.3. The van der Waals surface area contributed by atoms with Gasteiger partial charge in [-0.2, -0.15) is 0 Å². The van der Waals surface area contributed by atoms with Crippen molar-refractivity contribution in [2.45, 2.75) is 19.0 Å². The molecule has 0 spiro atoms. The Morgan fingerprint density at radius 3 is 2.89 bits per heavy atom. The first-order valence-corrected chi connectivity index (χ1v) is 8.56. The molecule has 2 heterocycles. The van der Waals surface area contributed by atoms with E-state index in [1.54, 1.807) is 35.2 Å². The molecule has 0 aromatic heterocycles. The first kappa shape index (κ1) is 17.1. The molecule has 140 valence electrons. The van der Waals surface area contributed by atoms with Crippen molar-refractivity contribution in [3.05, 3.63) is 53.8 Å². The lowest BCUT2D eigenvalue weighted by Crippen LogP contribution is -2.39. The van der Waals surface area contributed by atoms with E-state index in [9.17, 15) is 14.0 Å². The first-order valence-electron chi connectivity index (χ1n) is 8.56. The zero-order chi connectivity index (χ0) is 18.8. The summed E-state index contributed by atoms with van der Waals surface area (Å²) >= 11 is 0. The van der Waals surface area contributed by atoms with Crippen LogP contribution in [0, 0.1) is 5.82 Å². The van der Waals surface area contributed by atoms with Crippen LogP contribution < -0.4 is 20.1 Å². The summed E-state index contributed by atoms with van der Waals surface area (Å²) in [5.41, 5.74) is 1.28. The van der Waals surface area contributed by atoms with Crippen molar-refractivity contribution < 1.29 is 23.5 Å². The van der Waals surface area contributed by atoms with Crippen LogP contribution in [-0.2, 0) is 11.3 Å². The average Bonchev–Trinajstić information content (AvgIpc) is 3.21. The SMILES string of the molecule is O=C(Nc1ccc2c(c1)OCO2)N[C@H]1CC(=O)N(Cc2cccc(F)c2)C1. The van der Waals surface area contributed by atoms with Gasteiger partial charge in [0, 0.05) is 31.3 Å². The number of hydrogen-bond acceptors (Lipinski definition) is 4. The molecule has 2 aliphatic rings. The molecule has 8 heteroatoms. The third-order valence-electron chi connectivity index (χ3n) is 4.44. The molecule has 4 rings (SSSR count). The molecule has 7 nitrogen and oxygen atoms in total. The minimum atomic E-state index is -0.403. The van der Waals surface area contributed by atoms with Gasteiger partial charge in [0.15, 0.2) is 11.5 Å². The molecule has 2 aromatic carbocycles. The highest BCUT2D eigenvalue weighted by Gasteiger charge is 2.30. The monoisotopic (exact) mass is 371 g/mol. The number of benzene rings is 2. The molecule has 0 unspecified atom stereocenters. The lowest BCUT2D eigenvalue weighted by atomic mass is 10.2. The van der Waals surface area contributed by atoms with Crippen LogP contribution >= 0.6 is 0 Å². The van der Waals surface area contributed by atoms with Crippen molar-refractivity contribution >= 4 is 17.6 Å². The maximum atomic E-state index is 13.3. The summed E-state index contributed by atoms with van der Waals surface area (Å²) in [5, 5.41) is 5.51. The summed E-state index contributed by atoms with van der Waals surface area (Å²) in [4.78, 5) is 26.0. The highest BCUT2D eigenvalue weighted by molar-refractivity contribution is 5.91. The molecule has 1 saturated heterocycles. The Balaban J connectivity index is 1.32. The van der Waals surface area contributed by atoms with Crippen LogP contribution in [0.4, 0.5) is 14.9 Å². The van der Waals surface area contributed by atoms with E-state index in [-0.39, 0.29) is 31.0 Å². The Kier molecular flexibility index (Phi) is 4.53. The normalized spacial score (nSPS) is 17.9. The van der Waals surface area contributed by atoms with Crippen LogP contribution in [0.25, 0.3) is 0 Å². The summed E-state index contributed by atoms with van der Waals surface area (Å²) in [6, 6.07) is 10.5. The van der Waals surface area contributed by atoms with E-state index in [2.05, 4.69) is 10.6 Å². The number of fused-ring (bicyclic) bond motifs is 1. The predicted octanol–water partition coefficient (Wildman–Crippen LogP) is 2.48. The minimum absolute atomic E-state index is 0.0763. The van der Waals surface area contributed by atoms with E-state index < -0.39 is 6.03 Å². The number of rotatable bonds is 4. The Morgan fingerprint density at radius 1 is 1.19 bits per heavy atom. The highest BCUT2D eigenvalue weighted by Crippen LogP contribution is 2.34. The fourth-order valence-corrected chi connectivity index (χ4v) is 3.20. The maximum Gasteiger partial charge on any atom is 0.319 e. The van der Waals surface area contributed by atoms with Gasteiger partial charge in [-0.3, -0.25) is 4.79 Å². The second-order valence-corrected chi connectivity index (χ2v) is 6.47. The van der Waals surface area contributed by atoms with E-state index in [0.29, 0.717) is 35.8 Å². The number of anilines is 1. The van der Waals surface area contributed by atoms with Gasteiger partial charge in [-0.15, -0.1) is 0 Å². The van der Waals surface area contributed by atoms with Crippen LogP contribution in [0.1, 0.15) is 12.0 Å². The summed E-state index contributed by atoms with van der Waals surface area (Å²) in [6.07, 6.45) is 0.212. The van der Waals surface area contributed by atoms with Crippen LogP contribution in [0.15, 0.2) is 42.5 Å². The van der Waals surface area contributed by atoms with Crippen LogP contribution in [-0.4, -0.2) is 36.2 Å². The Morgan fingerprint density at radius 2 is 2.04 bits per heavy atom. The Labute approximate surface area is 155 Å². The van der Waals surface area contributed by atoms with Crippen LogP contribution in [0.2, 0.25) is 0 Å². The standard InChI is InChI=1S/C19H18FN3O4/c20-13-3-1-2-12(6-13)9-23-10-15(8-18(23)24)22-19(25)21-14-4-5-16-17(7-14)27-11-26-16/h1-7,15H,8-11H2,(H2,21,22,25)/t15-/m0/s1. The van der Waals surface area contributed by atoms with Crippen LogP contribution in [0.3, 0.4) is 0 Å².